The summed E-state index contributed by atoms with van der Waals surface area (Å²) in [5.74, 6) is 0. The Morgan fingerprint density at radius 3 is 1.23 bits per heavy atom. The first-order valence-corrected chi connectivity index (χ1v) is 25.6. The highest BCUT2D eigenvalue weighted by Gasteiger charge is 2.44. The van der Waals surface area contributed by atoms with Crippen molar-refractivity contribution in [2.75, 3.05) is 9.80 Å². The number of hydrogen-bond acceptors (Lipinski definition) is 3. The number of rotatable bonds is 5. The Balaban J connectivity index is 1.03. The molecule has 0 N–H and O–H groups in total. The molecular weight excluding hydrogens is 896 g/mol. The largest absolute Gasteiger partial charge is 0.456 e. The van der Waals surface area contributed by atoms with Crippen LogP contribution in [0.2, 0.25) is 0 Å². The van der Waals surface area contributed by atoms with Gasteiger partial charge in [0, 0.05) is 44.9 Å². The fourth-order valence-corrected chi connectivity index (χ4v) is 12.5. The van der Waals surface area contributed by atoms with Crippen molar-refractivity contribution in [3.05, 3.63) is 261 Å². The summed E-state index contributed by atoms with van der Waals surface area (Å²) in [6.45, 7) is -0.106. The minimum Gasteiger partial charge on any atom is -0.456 e. The van der Waals surface area contributed by atoms with E-state index in [1.165, 1.54) is 93.1 Å². The van der Waals surface area contributed by atoms with E-state index in [1.807, 2.05) is 6.07 Å². The molecule has 13 aromatic carbocycles. The van der Waals surface area contributed by atoms with Crippen LogP contribution < -0.4 is 26.2 Å². The lowest BCUT2D eigenvalue weighted by Crippen LogP contribution is -2.61. The van der Waals surface area contributed by atoms with Gasteiger partial charge in [0.25, 0.3) is 6.71 Å². The number of nitrogens with zero attached hydrogens (tertiary/aromatic N) is 2. The van der Waals surface area contributed by atoms with Crippen molar-refractivity contribution in [1.29, 1.82) is 0 Å². The lowest BCUT2D eigenvalue weighted by atomic mass is 9.33. The minimum atomic E-state index is -0.106. The highest BCUT2D eigenvalue weighted by atomic mass is 16.3. The molecule has 0 spiro atoms. The molecule has 0 radical (unpaired) electrons. The molecule has 1 aromatic heterocycles. The molecule has 4 heteroatoms. The minimum absolute atomic E-state index is 0.106. The van der Waals surface area contributed by atoms with Gasteiger partial charge in [-0.05, 0) is 160 Å². The van der Waals surface area contributed by atoms with Gasteiger partial charge in [0.05, 0.1) is 0 Å². The average molecular weight is 939 g/mol. The van der Waals surface area contributed by atoms with Crippen LogP contribution in [0.25, 0.3) is 98.4 Å². The van der Waals surface area contributed by atoms with Crippen LogP contribution in [0.1, 0.15) is 0 Å². The third-order valence-corrected chi connectivity index (χ3v) is 16.0. The number of fused-ring (bicyclic) bond motifs is 13. The topological polar surface area (TPSA) is 19.6 Å². The third kappa shape index (κ3) is 6.22. The van der Waals surface area contributed by atoms with Gasteiger partial charge in [-0.15, -0.1) is 0 Å². The van der Waals surface area contributed by atoms with E-state index in [4.69, 9.17) is 4.42 Å². The lowest BCUT2D eigenvalue weighted by Gasteiger charge is -2.45. The Morgan fingerprint density at radius 1 is 0.257 bits per heavy atom. The maximum atomic E-state index is 6.42. The maximum Gasteiger partial charge on any atom is 0.252 e. The standard InChI is InChI=1S/C70H43BN2O/c1-3-13-44(14-4-1)46-27-32-54(33-28-46)72-64-38-51-25-23-48-17-7-9-19-56(48)59(51)42-62(64)71-63-43-60-52(26-24-49-18-8-10-20-57(49)60)39-65(63)73(55-34-29-47(30-35-55)45-15-5-2-6-16-45)67-41-53(40-66(72)70(67)71)50-31-36-69-61(37-50)58-21-11-12-22-68(58)74-69/h1-43H. The zero-order valence-electron chi connectivity index (χ0n) is 40.2. The zero-order valence-corrected chi connectivity index (χ0v) is 40.2. The first-order chi connectivity index (χ1) is 36.7. The molecule has 16 rings (SSSR count). The second-order valence-electron chi connectivity index (χ2n) is 20.0. The van der Waals surface area contributed by atoms with Crippen LogP contribution in [-0.4, -0.2) is 6.71 Å². The number of para-hydroxylation sites is 1. The van der Waals surface area contributed by atoms with Crippen LogP contribution in [-0.2, 0) is 0 Å². The van der Waals surface area contributed by atoms with E-state index >= 15 is 0 Å². The van der Waals surface area contributed by atoms with Gasteiger partial charge < -0.3 is 14.2 Å². The lowest BCUT2D eigenvalue weighted by molar-refractivity contribution is 0.669. The number of anilines is 6. The van der Waals surface area contributed by atoms with Crippen molar-refractivity contribution in [1.82, 2.24) is 0 Å². The van der Waals surface area contributed by atoms with Crippen molar-refractivity contribution in [3.8, 4) is 33.4 Å². The molecule has 342 valence electrons. The quantitative estimate of drug-likeness (QED) is 0.127. The number of hydrogen-bond donors (Lipinski definition) is 0. The van der Waals surface area contributed by atoms with E-state index in [0.29, 0.717) is 0 Å². The van der Waals surface area contributed by atoms with Gasteiger partial charge in [-0.1, -0.05) is 194 Å². The maximum absolute atomic E-state index is 6.42. The van der Waals surface area contributed by atoms with Gasteiger partial charge in [-0.2, -0.15) is 0 Å². The van der Waals surface area contributed by atoms with Gasteiger partial charge in [0.2, 0.25) is 0 Å². The predicted octanol–water partition coefficient (Wildman–Crippen LogP) is 17.3. The van der Waals surface area contributed by atoms with Crippen molar-refractivity contribution in [2.45, 2.75) is 0 Å². The Morgan fingerprint density at radius 2 is 0.689 bits per heavy atom. The van der Waals surface area contributed by atoms with Gasteiger partial charge in [-0.25, -0.2) is 0 Å². The fourth-order valence-electron chi connectivity index (χ4n) is 12.5. The highest BCUT2D eigenvalue weighted by molar-refractivity contribution is 7.00. The van der Waals surface area contributed by atoms with Crippen molar-refractivity contribution in [2.24, 2.45) is 0 Å². The van der Waals surface area contributed by atoms with Gasteiger partial charge in [0.15, 0.2) is 0 Å². The van der Waals surface area contributed by atoms with Crippen molar-refractivity contribution >= 4 is 122 Å². The molecule has 2 aliphatic rings. The molecular formula is C70H43BN2O. The van der Waals surface area contributed by atoms with Crippen molar-refractivity contribution < 1.29 is 4.42 Å². The fraction of sp³-hybridized carbons (Fsp3) is 0. The van der Waals surface area contributed by atoms with Gasteiger partial charge in [-0.3, -0.25) is 0 Å². The second kappa shape index (κ2) is 15.9. The van der Waals surface area contributed by atoms with Crippen LogP contribution in [0, 0.1) is 0 Å². The second-order valence-corrected chi connectivity index (χ2v) is 20.0. The Hall–Kier alpha value is -9.64. The number of furan rings is 1. The van der Waals surface area contributed by atoms with Gasteiger partial charge >= 0.3 is 0 Å². The first kappa shape index (κ1) is 41.0. The summed E-state index contributed by atoms with van der Waals surface area (Å²) in [5.41, 5.74) is 19.6. The molecule has 0 fully saturated rings. The number of benzene rings is 13. The summed E-state index contributed by atoms with van der Waals surface area (Å²) in [6, 6.07) is 96.7. The summed E-state index contributed by atoms with van der Waals surface area (Å²) in [5, 5.41) is 12.2. The monoisotopic (exact) mass is 938 g/mol. The van der Waals surface area contributed by atoms with E-state index < -0.39 is 0 Å². The highest BCUT2D eigenvalue weighted by Crippen LogP contribution is 2.49. The van der Waals surface area contributed by atoms with Crippen LogP contribution >= 0.6 is 0 Å². The van der Waals surface area contributed by atoms with E-state index in [-0.39, 0.29) is 6.71 Å². The predicted molar refractivity (Wildman–Crippen MR) is 314 cm³/mol. The molecule has 2 aliphatic heterocycles. The first-order valence-electron chi connectivity index (χ1n) is 25.6. The van der Waals surface area contributed by atoms with E-state index in [1.54, 1.807) is 0 Å². The molecule has 74 heavy (non-hydrogen) atoms. The van der Waals surface area contributed by atoms with Crippen molar-refractivity contribution in [3.63, 3.8) is 0 Å². The molecule has 0 atom stereocenters. The van der Waals surface area contributed by atoms with Crippen LogP contribution in [0.4, 0.5) is 34.1 Å². The molecule has 0 amide bonds. The summed E-state index contributed by atoms with van der Waals surface area (Å²) in [7, 11) is 0. The summed E-state index contributed by atoms with van der Waals surface area (Å²) >= 11 is 0. The molecule has 0 bridgehead atoms. The molecule has 14 aromatic rings. The van der Waals surface area contributed by atoms with E-state index in [2.05, 4.69) is 265 Å². The SMILES string of the molecule is c1ccc(-c2ccc(N3c4cc5ccc6ccccc6c5cc4B4c5cc6c(ccc7ccccc76)cc5N(c5ccc(-c6ccccc6)cc5)c5cc(-c6ccc7oc8ccccc8c7c6)cc3c54)cc2)cc1. The molecule has 0 unspecified atom stereocenters. The molecule has 0 saturated heterocycles. The summed E-state index contributed by atoms with van der Waals surface area (Å²) < 4.78 is 6.42. The van der Waals surface area contributed by atoms with E-state index in [0.717, 1.165) is 55.8 Å². The third-order valence-electron chi connectivity index (χ3n) is 16.0. The summed E-state index contributed by atoms with van der Waals surface area (Å²) in [6.07, 6.45) is 0. The normalized spacial score (nSPS) is 12.8. The Labute approximate surface area is 428 Å². The molecule has 0 saturated carbocycles. The smallest absolute Gasteiger partial charge is 0.252 e. The Kier molecular flexibility index (Phi) is 8.83. The van der Waals surface area contributed by atoms with Crippen LogP contribution in [0.3, 0.4) is 0 Å². The van der Waals surface area contributed by atoms with Crippen LogP contribution in [0.15, 0.2) is 265 Å². The van der Waals surface area contributed by atoms with E-state index in [9.17, 15) is 0 Å². The zero-order chi connectivity index (χ0) is 48.4. The molecule has 3 heterocycles. The molecule has 3 nitrogen and oxygen atoms in total. The Bertz CT molecular complexity index is 4370. The van der Waals surface area contributed by atoms with Crippen LogP contribution in [0.5, 0.6) is 0 Å². The molecule has 0 aliphatic carbocycles. The summed E-state index contributed by atoms with van der Waals surface area (Å²) in [4.78, 5) is 5.11. The average Bonchev–Trinajstić information content (AvgIpc) is 3.86. The van der Waals surface area contributed by atoms with Gasteiger partial charge in [0.1, 0.15) is 11.2 Å².